The van der Waals surface area contributed by atoms with Crippen LogP contribution in [0.25, 0.3) is 0 Å². The van der Waals surface area contributed by atoms with Gasteiger partial charge in [0.1, 0.15) is 6.04 Å². The number of aliphatic carboxylic acids is 1. The summed E-state index contributed by atoms with van der Waals surface area (Å²) in [5.41, 5.74) is 1.01. The number of nitrogens with one attached hydrogen (secondary N) is 2. The Morgan fingerprint density at radius 3 is 2.89 bits per heavy atom. The van der Waals surface area contributed by atoms with Crippen LogP contribution in [0.5, 0.6) is 0 Å². The molecule has 5 nitrogen and oxygen atoms in total. The molecule has 1 aromatic rings. The molecule has 0 saturated carbocycles. The average molecular weight is 288 g/mol. The number of urea groups is 1. The molecule has 0 aliphatic carbocycles. The minimum Gasteiger partial charge on any atom is -0.480 e. The van der Waals surface area contributed by atoms with Crippen LogP contribution < -0.4 is 10.6 Å². The summed E-state index contributed by atoms with van der Waals surface area (Å²) in [7, 11) is 0. The Morgan fingerprint density at radius 1 is 1.56 bits per heavy atom. The highest BCUT2D eigenvalue weighted by Gasteiger charge is 2.18. The Hall–Kier alpha value is -1.21. The van der Waals surface area contributed by atoms with E-state index in [4.69, 9.17) is 5.11 Å². The van der Waals surface area contributed by atoms with Crippen molar-refractivity contribution in [3.63, 3.8) is 0 Å². The first-order valence-electron chi connectivity index (χ1n) is 5.40. The predicted octanol–water partition coefficient (Wildman–Crippen LogP) is 1.75. The van der Waals surface area contributed by atoms with Crippen molar-refractivity contribution in [3.8, 4) is 0 Å². The first-order valence-corrected chi connectivity index (χ1v) is 7.74. The van der Waals surface area contributed by atoms with Crippen LogP contribution in [-0.2, 0) is 11.3 Å². The molecule has 1 atom stereocenters. The summed E-state index contributed by atoms with van der Waals surface area (Å²) in [6.07, 6.45) is 2.32. The fourth-order valence-electron chi connectivity index (χ4n) is 1.28. The van der Waals surface area contributed by atoms with E-state index >= 15 is 0 Å². The maximum atomic E-state index is 11.5. The van der Waals surface area contributed by atoms with Gasteiger partial charge >= 0.3 is 12.0 Å². The molecular weight excluding hydrogens is 272 g/mol. The van der Waals surface area contributed by atoms with Gasteiger partial charge in [0.25, 0.3) is 0 Å². The zero-order chi connectivity index (χ0) is 13.4. The molecule has 1 heterocycles. The van der Waals surface area contributed by atoms with Gasteiger partial charge in [-0.05, 0) is 40.8 Å². The summed E-state index contributed by atoms with van der Waals surface area (Å²) in [5, 5.41) is 17.9. The van der Waals surface area contributed by atoms with Gasteiger partial charge in [-0.2, -0.15) is 23.1 Å². The lowest BCUT2D eigenvalue weighted by molar-refractivity contribution is -0.139. The van der Waals surface area contributed by atoms with Crippen LogP contribution in [0.1, 0.15) is 12.0 Å². The third-order valence-corrected chi connectivity index (χ3v) is 3.62. The zero-order valence-electron chi connectivity index (χ0n) is 10.0. The maximum Gasteiger partial charge on any atom is 0.326 e. The lowest BCUT2D eigenvalue weighted by atomic mass is 10.2. The number of carboxylic acids is 1. The van der Waals surface area contributed by atoms with Crippen molar-refractivity contribution in [1.82, 2.24) is 10.6 Å². The summed E-state index contributed by atoms with van der Waals surface area (Å²) in [5.74, 6) is -0.309. The molecular formula is C11H16N2O3S2. The number of hydrogen-bond acceptors (Lipinski definition) is 4. The van der Waals surface area contributed by atoms with Crippen LogP contribution in [0.3, 0.4) is 0 Å². The van der Waals surface area contributed by atoms with E-state index in [0.29, 0.717) is 18.7 Å². The molecule has 18 heavy (non-hydrogen) atoms. The largest absolute Gasteiger partial charge is 0.480 e. The number of hydrogen-bond donors (Lipinski definition) is 3. The Labute approximate surface area is 114 Å². The highest BCUT2D eigenvalue weighted by atomic mass is 32.2. The van der Waals surface area contributed by atoms with Crippen LogP contribution in [-0.4, -0.2) is 35.2 Å². The second-order valence-corrected chi connectivity index (χ2v) is 5.40. The van der Waals surface area contributed by atoms with Gasteiger partial charge in [0.15, 0.2) is 0 Å². The summed E-state index contributed by atoms with van der Waals surface area (Å²) in [6, 6.07) is 0.627. The van der Waals surface area contributed by atoms with E-state index in [2.05, 4.69) is 10.6 Å². The molecule has 0 aliphatic rings. The monoisotopic (exact) mass is 288 g/mol. The summed E-state index contributed by atoms with van der Waals surface area (Å²) < 4.78 is 0. The lowest BCUT2D eigenvalue weighted by Gasteiger charge is -2.14. The Kier molecular flexibility index (Phi) is 6.59. The summed E-state index contributed by atoms with van der Waals surface area (Å²) >= 11 is 3.10. The van der Waals surface area contributed by atoms with Gasteiger partial charge in [0.2, 0.25) is 0 Å². The lowest BCUT2D eigenvalue weighted by Crippen LogP contribution is -2.46. The van der Waals surface area contributed by atoms with E-state index in [1.807, 2.05) is 23.1 Å². The smallest absolute Gasteiger partial charge is 0.326 e. The maximum absolute atomic E-state index is 11.5. The molecule has 0 radical (unpaired) electrons. The van der Waals surface area contributed by atoms with Gasteiger partial charge in [0, 0.05) is 6.54 Å². The first-order chi connectivity index (χ1) is 8.63. The topological polar surface area (TPSA) is 78.4 Å². The number of thiophene rings is 1. The summed E-state index contributed by atoms with van der Waals surface area (Å²) in [6.45, 7) is 0.407. The SMILES string of the molecule is CSCC[C@H](NC(=O)NCc1ccsc1)C(=O)O. The van der Waals surface area contributed by atoms with E-state index < -0.39 is 18.0 Å². The van der Waals surface area contributed by atoms with Gasteiger partial charge in [-0.3, -0.25) is 0 Å². The van der Waals surface area contributed by atoms with Gasteiger partial charge < -0.3 is 15.7 Å². The molecule has 0 unspecified atom stereocenters. The van der Waals surface area contributed by atoms with Crippen molar-refractivity contribution in [3.05, 3.63) is 22.4 Å². The minimum absolute atomic E-state index is 0.407. The molecule has 0 aromatic carbocycles. The van der Waals surface area contributed by atoms with E-state index in [1.54, 1.807) is 23.1 Å². The number of rotatable bonds is 7. The van der Waals surface area contributed by atoms with Crippen molar-refractivity contribution in [2.45, 2.75) is 19.0 Å². The van der Waals surface area contributed by atoms with Gasteiger partial charge in [0.05, 0.1) is 0 Å². The fourth-order valence-corrected chi connectivity index (χ4v) is 2.42. The number of carbonyl (C=O) groups excluding carboxylic acids is 1. The number of carboxylic acid groups (broad SMARTS) is 1. The van der Waals surface area contributed by atoms with Gasteiger partial charge in [-0.25, -0.2) is 9.59 Å². The highest BCUT2D eigenvalue weighted by Crippen LogP contribution is 2.05. The van der Waals surface area contributed by atoms with Crippen LogP contribution >= 0.6 is 23.1 Å². The highest BCUT2D eigenvalue weighted by molar-refractivity contribution is 7.98. The van der Waals surface area contributed by atoms with Crippen molar-refractivity contribution in [2.75, 3.05) is 12.0 Å². The van der Waals surface area contributed by atoms with Crippen molar-refractivity contribution in [2.24, 2.45) is 0 Å². The molecule has 0 fully saturated rings. The van der Waals surface area contributed by atoms with Crippen LogP contribution in [0.2, 0.25) is 0 Å². The molecule has 1 aromatic heterocycles. The molecule has 0 saturated heterocycles. The first kappa shape index (κ1) is 14.8. The Bertz CT molecular complexity index is 382. The summed E-state index contributed by atoms with van der Waals surface area (Å²) in [4.78, 5) is 22.5. The predicted molar refractivity (Wildman–Crippen MR) is 74.1 cm³/mol. The van der Waals surface area contributed by atoms with Crippen LogP contribution in [0.15, 0.2) is 16.8 Å². The number of carbonyl (C=O) groups is 2. The third-order valence-electron chi connectivity index (χ3n) is 2.25. The van der Waals surface area contributed by atoms with Crippen molar-refractivity contribution >= 4 is 35.1 Å². The number of thioether (sulfide) groups is 1. The third kappa shape index (κ3) is 5.42. The van der Waals surface area contributed by atoms with Crippen molar-refractivity contribution < 1.29 is 14.7 Å². The van der Waals surface area contributed by atoms with E-state index in [-0.39, 0.29) is 0 Å². The molecule has 7 heteroatoms. The Morgan fingerprint density at radius 2 is 2.33 bits per heavy atom. The van der Waals surface area contributed by atoms with Gasteiger partial charge in [-0.15, -0.1) is 0 Å². The molecule has 0 bridgehead atoms. The normalized spacial score (nSPS) is 11.8. The molecule has 100 valence electrons. The molecule has 0 aliphatic heterocycles. The Balaban J connectivity index is 2.34. The minimum atomic E-state index is -1.00. The van der Waals surface area contributed by atoms with Crippen LogP contribution in [0, 0.1) is 0 Å². The van der Waals surface area contributed by atoms with Crippen molar-refractivity contribution in [1.29, 1.82) is 0 Å². The quantitative estimate of drug-likeness (QED) is 0.714. The molecule has 2 amide bonds. The standard InChI is InChI=1S/C11H16N2O3S2/c1-17-4-3-9(10(14)15)13-11(16)12-6-8-2-5-18-7-8/h2,5,7,9H,3-4,6H2,1H3,(H,14,15)(H2,12,13,16)/t9-/m0/s1. The zero-order valence-corrected chi connectivity index (χ0v) is 11.6. The van der Waals surface area contributed by atoms with Crippen LogP contribution in [0.4, 0.5) is 4.79 Å². The van der Waals surface area contributed by atoms with Gasteiger partial charge in [-0.1, -0.05) is 0 Å². The second kappa shape index (κ2) is 7.99. The van der Waals surface area contributed by atoms with E-state index in [0.717, 1.165) is 5.56 Å². The second-order valence-electron chi connectivity index (χ2n) is 3.63. The molecule has 3 N–H and O–H groups in total. The average Bonchev–Trinajstić information content (AvgIpc) is 2.84. The number of amides is 2. The molecule has 1 rings (SSSR count). The fraction of sp³-hybridized carbons (Fsp3) is 0.455. The van der Waals surface area contributed by atoms with E-state index in [9.17, 15) is 9.59 Å². The van der Waals surface area contributed by atoms with E-state index in [1.165, 1.54) is 0 Å². The molecule has 0 spiro atoms.